The fraction of sp³-hybridized carbons (Fsp3) is 0. The van der Waals surface area contributed by atoms with Crippen molar-refractivity contribution in [2.75, 3.05) is 5.32 Å². The Labute approximate surface area is 121 Å². The topological polar surface area (TPSA) is 41.5 Å². The highest BCUT2D eigenvalue weighted by Crippen LogP contribution is 2.34. The van der Waals surface area contributed by atoms with Crippen molar-refractivity contribution < 1.29 is 4.21 Å². The molecule has 1 aliphatic heterocycles. The number of fused-ring (bicyclic) bond motifs is 1. The summed E-state index contributed by atoms with van der Waals surface area (Å²) in [4.78, 5) is 1.20. The van der Waals surface area contributed by atoms with Gasteiger partial charge in [-0.25, -0.2) is 4.21 Å². The minimum atomic E-state index is -2.76. The SMILES string of the molecule is O=S1(c2ccccc2)=NC(=S)Nc2ccc(Cl)cc21. The van der Waals surface area contributed by atoms with Crippen LogP contribution in [-0.4, -0.2) is 9.32 Å². The van der Waals surface area contributed by atoms with Crippen LogP contribution in [0.1, 0.15) is 0 Å². The molecule has 3 rings (SSSR count). The van der Waals surface area contributed by atoms with E-state index in [2.05, 4.69) is 9.68 Å². The fourth-order valence-corrected chi connectivity index (χ4v) is 4.55. The second-order valence-corrected chi connectivity index (χ2v) is 6.97. The summed E-state index contributed by atoms with van der Waals surface area (Å²) in [6.07, 6.45) is 0. The maximum Gasteiger partial charge on any atom is 0.206 e. The Kier molecular flexibility index (Phi) is 3.05. The zero-order chi connectivity index (χ0) is 13.5. The summed E-state index contributed by atoms with van der Waals surface area (Å²) >= 11 is 11.1. The number of thiocarbonyl (C=S) groups is 1. The van der Waals surface area contributed by atoms with E-state index in [1.807, 2.05) is 18.2 Å². The predicted molar refractivity (Wildman–Crippen MR) is 81.2 cm³/mol. The molecule has 0 spiro atoms. The molecule has 0 saturated heterocycles. The Morgan fingerprint density at radius 1 is 1.16 bits per heavy atom. The lowest BCUT2D eigenvalue weighted by Crippen LogP contribution is -2.19. The fourth-order valence-electron chi connectivity index (χ4n) is 1.92. The van der Waals surface area contributed by atoms with E-state index in [1.54, 1.807) is 30.3 Å². The lowest BCUT2D eigenvalue weighted by atomic mass is 10.3. The van der Waals surface area contributed by atoms with Gasteiger partial charge in [0.1, 0.15) is 9.73 Å². The number of hydrogen-bond donors (Lipinski definition) is 1. The van der Waals surface area contributed by atoms with Crippen LogP contribution in [0.25, 0.3) is 0 Å². The van der Waals surface area contributed by atoms with Gasteiger partial charge in [0.15, 0.2) is 0 Å². The normalized spacial score (nSPS) is 21.2. The highest BCUT2D eigenvalue weighted by atomic mass is 35.5. The average Bonchev–Trinajstić information content (AvgIpc) is 2.41. The summed E-state index contributed by atoms with van der Waals surface area (Å²) in [6, 6.07) is 14.2. The first-order valence-electron chi connectivity index (χ1n) is 5.52. The Morgan fingerprint density at radius 2 is 1.89 bits per heavy atom. The third-order valence-corrected chi connectivity index (χ3v) is 5.59. The van der Waals surface area contributed by atoms with E-state index >= 15 is 0 Å². The van der Waals surface area contributed by atoms with Gasteiger partial charge in [0.2, 0.25) is 5.11 Å². The van der Waals surface area contributed by atoms with E-state index < -0.39 is 9.73 Å². The molecule has 0 fully saturated rings. The highest BCUT2D eigenvalue weighted by molar-refractivity contribution is 7.95. The molecule has 6 heteroatoms. The summed E-state index contributed by atoms with van der Waals surface area (Å²) in [7, 11) is -2.76. The van der Waals surface area contributed by atoms with Crippen LogP contribution < -0.4 is 5.32 Å². The number of benzene rings is 2. The molecule has 0 aliphatic carbocycles. The predicted octanol–water partition coefficient (Wildman–Crippen LogP) is 3.94. The molecule has 1 heterocycles. The summed E-state index contributed by atoms with van der Waals surface area (Å²) in [6.45, 7) is 0. The van der Waals surface area contributed by atoms with Crippen molar-refractivity contribution >= 4 is 44.3 Å². The molecule has 19 heavy (non-hydrogen) atoms. The van der Waals surface area contributed by atoms with Gasteiger partial charge in [-0.05, 0) is 42.5 Å². The van der Waals surface area contributed by atoms with Gasteiger partial charge >= 0.3 is 0 Å². The molecule has 1 N–H and O–H groups in total. The Balaban J connectivity index is 2.35. The smallest absolute Gasteiger partial charge is 0.206 e. The van der Waals surface area contributed by atoms with Crippen LogP contribution in [0.4, 0.5) is 5.69 Å². The molecule has 1 unspecified atom stereocenters. The van der Waals surface area contributed by atoms with E-state index in [4.69, 9.17) is 23.8 Å². The number of rotatable bonds is 1. The zero-order valence-corrected chi connectivity index (χ0v) is 12.1. The lowest BCUT2D eigenvalue weighted by Gasteiger charge is -2.20. The molecule has 0 radical (unpaired) electrons. The second-order valence-electron chi connectivity index (χ2n) is 4.00. The third kappa shape index (κ3) is 2.14. The first-order chi connectivity index (χ1) is 9.09. The monoisotopic (exact) mass is 308 g/mol. The van der Waals surface area contributed by atoms with Crippen molar-refractivity contribution in [3.8, 4) is 0 Å². The van der Waals surface area contributed by atoms with Crippen molar-refractivity contribution in [1.82, 2.24) is 0 Å². The molecule has 0 amide bonds. The molecule has 3 nitrogen and oxygen atoms in total. The molecular weight excluding hydrogens is 300 g/mol. The van der Waals surface area contributed by atoms with Gasteiger partial charge in [0.25, 0.3) is 0 Å². The number of hydrogen-bond acceptors (Lipinski definition) is 2. The van der Waals surface area contributed by atoms with Gasteiger partial charge in [-0.2, -0.15) is 4.36 Å². The molecule has 0 bridgehead atoms. The van der Waals surface area contributed by atoms with E-state index in [-0.39, 0.29) is 5.11 Å². The molecule has 0 aromatic heterocycles. The summed E-state index contributed by atoms with van der Waals surface area (Å²) in [5.74, 6) is 0. The molecule has 0 saturated carbocycles. The Bertz CT molecular complexity index is 780. The van der Waals surface area contributed by atoms with E-state index in [0.29, 0.717) is 20.5 Å². The lowest BCUT2D eigenvalue weighted by molar-refractivity contribution is 0.677. The van der Waals surface area contributed by atoms with Crippen molar-refractivity contribution in [3.05, 3.63) is 53.6 Å². The van der Waals surface area contributed by atoms with Gasteiger partial charge in [-0.3, -0.25) is 0 Å². The highest BCUT2D eigenvalue weighted by Gasteiger charge is 2.25. The molecule has 2 aromatic rings. The second kappa shape index (κ2) is 4.59. The molecule has 1 aliphatic rings. The third-order valence-electron chi connectivity index (χ3n) is 2.76. The van der Waals surface area contributed by atoms with Gasteiger partial charge in [-0.15, -0.1) is 0 Å². The van der Waals surface area contributed by atoms with Crippen LogP contribution >= 0.6 is 23.8 Å². The van der Waals surface area contributed by atoms with Crippen LogP contribution in [0.3, 0.4) is 0 Å². The number of nitrogens with zero attached hydrogens (tertiary/aromatic N) is 1. The molecule has 1 atom stereocenters. The summed E-state index contributed by atoms with van der Waals surface area (Å²) in [5.41, 5.74) is 0.693. The van der Waals surface area contributed by atoms with Crippen molar-refractivity contribution in [2.24, 2.45) is 4.36 Å². The number of nitrogens with one attached hydrogen (secondary N) is 1. The first-order valence-corrected chi connectivity index (χ1v) is 7.82. The number of halogens is 1. The maximum atomic E-state index is 13.2. The molecule has 96 valence electrons. The van der Waals surface area contributed by atoms with Gasteiger partial charge in [0, 0.05) is 5.02 Å². The zero-order valence-electron chi connectivity index (χ0n) is 9.67. The largest absolute Gasteiger partial charge is 0.329 e. The van der Waals surface area contributed by atoms with Crippen LogP contribution in [0.15, 0.2) is 62.7 Å². The van der Waals surface area contributed by atoms with Crippen LogP contribution in [0, 0.1) is 0 Å². The van der Waals surface area contributed by atoms with Gasteiger partial charge < -0.3 is 5.32 Å². The number of anilines is 1. The van der Waals surface area contributed by atoms with Crippen molar-refractivity contribution in [2.45, 2.75) is 9.79 Å². The summed E-state index contributed by atoms with van der Waals surface area (Å²) in [5, 5.41) is 3.69. The molecular formula is C13H9ClN2OS2. The Hall–Kier alpha value is -1.43. The van der Waals surface area contributed by atoms with Crippen LogP contribution in [0.2, 0.25) is 5.02 Å². The van der Waals surface area contributed by atoms with Crippen LogP contribution in [0.5, 0.6) is 0 Å². The van der Waals surface area contributed by atoms with E-state index in [1.165, 1.54) is 0 Å². The standard InChI is InChI=1S/C13H9ClN2OS2/c14-9-6-7-11-12(8-9)19(17,16-13(18)15-11)10-4-2-1-3-5-10/h1-8H,(H,15,16,17,18). The summed E-state index contributed by atoms with van der Waals surface area (Å²) < 4.78 is 17.4. The maximum absolute atomic E-state index is 13.2. The quantitative estimate of drug-likeness (QED) is 0.811. The van der Waals surface area contributed by atoms with Crippen molar-refractivity contribution in [3.63, 3.8) is 0 Å². The average molecular weight is 309 g/mol. The molecule has 2 aromatic carbocycles. The van der Waals surface area contributed by atoms with E-state index in [0.717, 1.165) is 0 Å². The van der Waals surface area contributed by atoms with Crippen LogP contribution in [-0.2, 0) is 9.73 Å². The van der Waals surface area contributed by atoms with Gasteiger partial charge in [0.05, 0.1) is 15.5 Å². The first kappa shape index (κ1) is 12.6. The Morgan fingerprint density at radius 3 is 2.63 bits per heavy atom. The van der Waals surface area contributed by atoms with Gasteiger partial charge in [-0.1, -0.05) is 29.8 Å². The minimum Gasteiger partial charge on any atom is -0.329 e. The minimum absolute atomic E-state index is 0.226. The van der Waals surface area contributed by atoms with E-state index in [9.17, 15) is 4.21 Å². The van der Waals surface area contributed by atoms with Crippen molar-refractivity contribution in [1.29, 1.82) is 0 Å².